The van der Waals surface area contributed by atoms with Crippen molar-refractivity contribution < 1.29 is 9.86 Å². The lowest BCUT2D eigenvalue weighted by Gasteiger charge is -2.09. The molecule has 0 unspecified atom stereocenters. The largest absolute Gasteiger partial charge is 0.383 e. The Kier molecular flexibility index (Phi) is 3.83. The summed E-state index contributed by atoms with van der Waals surface area (Å²) in [5, 5.41) is 14.1. The van der Waals surface area contributed by atoms with Crippen LogP contribution in [0.1, 0.15) is 26.2 Å². The van der Waals surface area contributed by atoms with E-state index in [1.54, 1.807) is 6.07 Å². The summed E-state index contributed by atoms with van der Waals surface area (Å²) in [6.45, 7) is 2.97. The lowest BCUT2D eigenvalue weighted by atomic mass is 10.2. The highest BCUT2D eigenvalue weighted by molar-refractivity contribution is 5.89. The molecular weight excluding hydrogens is 236 g/mol. The highest BCUT2D eigenvalue weighted by atomic mass is 16.8. The van der Waals surface area contributed by atoms with Crippen LogP contribution in [0.3, 0.4) is 0 Å². The van der Waals surface area contributed by atoms with E-state index in [9.17, 15) is 10.1 Å². The van der Waals surface area contributed by atoms with Gasteiger partial charge in [0.15, 0.2) is 5.69 Å². The number of rotatable bonds is 6. The first kappa shape index (κ1) is 12.4. The summed E-state index contributed by atoms with van der Waals surface area (Å²) in [7, 11) is 0. The molecule has 1 aliphatic rings. The molecule has 0 aromatic heterocycles. The molecule has 0 radical (unpaired) electrons. The lowest BCUT2D eigenvalue weighted by Crippen LogP contribution is -2.03. The summed E-state index contributed by atoms with van der Waals surface area (Å²) in [4.78, 5) is 15.2. The van der Waals surface area contributed by atoms with Crippen molar-refractivity contribution in [3.05, 3.63) is 22.2 Å². The quantitative estimate of drug-likeness (QED) is 0.410. The third-order valence-electron chi connectivity index (χ3n) is 2.78. The van der Waals surface area contributed by atoms with E-state index in [0.29, 0.717) is 11.4 Å². The molecule has 18 heavy (non-hydrogen) atoms. The van der Waals surface area contributed by atoms with Gasteiger partial charge in [0, 0.05) is 12.6 Å². The Labute approximate surface area is 105 Å². The first-order valence-corrected chi connectivity index (χ1v) is 5.97. The van der Waals surface area contributed by atoms with Crippen molar-refractivity contribution in [3.8, 4) is 0 Å². The number of anilines is 3. The van der Waals surface area contributed by atoms with Gasteiger partial charge in [0.05, 0.1) is 10.6 Å². The van der Waals surface area contributed by atoms with Gasteiger partial charge in [-0.25, -0.2) is 11.0 Å². The summed E-state index contributed by atoms with van der Waals surface area (Å²) in [5.41, 5.74) is 6.87. The highest BCUT2D eigenvalue weighted by Gasteiger charge is 2.25. The van der Waals surface area contributed by atoms with Gasteiger partial charge in [0.25, 0.3) is 5.69 Å². The molecule has 1 aromatic carbocycles. The molecule has 1 aromatic rings. The van der Waals surface area contributed by atoms with E-state index < -0.39 is 4.92 Å². The Morgan fingerprint density at radius 3 is 2.83 bits per heavy atom. The lowest BCUT2D eigenvalue weighted by molar-refractivity contribution is -0.384. The molecule has 98 valence electrons. The number of nitro benzene ring substituents is 1. The standard InChI is InChI=1S/C11H16N4O3/c1-2-3-4-7-12-8-5-6-9(15(16)17)11-10(8)13-18-14-11/h5-6,12-14H,2-4,7H2,1H3. The second kappa shape index (κ2) is 5.54. The van der Waals surface area contributed by atoms with Gasteiger partial charge >= 0.3 is 0 Å². The zero-order valence-corrected chi connectivity index (χ0v) is 10.2. The molecule has 0 amide bonds. The number of nitro groups is 1. The second-order valence-electron chi connectivity index (χ2n) is 4.08. The molecule has 7 nitrogen and oxygen atoms in total. The van der Waals surface area contributed by atoms with Crippen LogP contribution in [0, 0.1) is 10.1 Å². The van der Waals surface area contributed by atoms with Gasteiger partial charge in [-0.15, -0.1) is 0 Å². The molecule has 3 N–H and O–H groups in total. The highest BCUT2D eigenvalue weighted by Crippen LogP contribution is 2.41. The summed E-state index contributed by atoms with van der Waals surface area (Å²) >= 11 is 0. The second-order valence-corrected chi connectivity index (χ2v) is 4.08. The van der Waals surface area contributed by atoms with Crippen LogP contribution in [0.25, 0.3) is 0 Å². The third-order valence-corrected chi connectivity index (χ3v) is 2.78. The van der Waals surface area contributed by atoms with Crippen LogP contribution in [-0.2, 0) is 4.94 Å². The van der Waals surface area contributed by atoms with E-state index in [1.165, 1.54) is 6.07 Å². The fraction of sp³-hybridized carbons (Fsp3) is 0.455. The monoisotopic (exact) mass is 252 g/mol. The van der Waals surface area contributed by atoms with Crippen molar-refractivity contribution in [3.63, 3.8) is 0 Å². The Bertz CT molecular complexity index is 450. The summed E-state index contributed by atoms with van der Waals surface area (Å²) in [6.07, 6.45) is 3.38. The molecule has 1 aliphatic heterocycles. The molecule has 0 fully saturated rings. The van der Waals surface area contributed by atoms with Crippen LogP contribution in [0.15, 0.2) is 12.1 Å². The summed E-state index contributed by atoms with van der Waals surface area (Å²) < 4.78 is 0. The van der Waals surface area contributed by atoms with Gasteiger partial charge in [-0.2, -0.15) is 4.94 Å². The van der Waals surface area contributed by atoms with Crippen molar-refractivity contribution in [2.75, 3.05) is 22.8 Å². The molecule has 0 spiro atoms. The number of nitrogens with zero attached hydrogens (tertiary/aromatic N) is 1. The first-order valence-electron chi connectivity index (χ1n) is 5.97. The molecule has 7 heteroatoms. The van der Waals surface area contributed by atoms with E-state index in [-0.39, 0.29) is 5.69 Å². The van der Waals surface area contributed by atoms with Crippen LogP contribution in [0.4, 0.5) is 22.7 Å². The van der Waals surface area contributed by atoms with E-state index in [1.807, 2.05) is 0 Å². The molecule has 2 rings (SSSR count). The van der Waals surface area contributed by atoms with Crippen LogP contribution < -0.4 is 16.3 Å². The predicted molar refractivity (Wildman–Crippen MR) is 69.4 cm³/mol. The van der Waals surface area contributed by atoms with Gasteiger partial charge in [-0.05, 0) is 12.5 Å². The van der Waals surface area contributed by atoms with E-state index in [4.69, 9.17) is 4.94 Å². The van der Waals surface area contributed by atoms with Crippen molar-refractivity contribution in [2.24, 2.45) is 0 Å². The Hall–Kier alpha value is -2.02. The fourth-order valence-electron chi connectivity index (χ4n) is 1.83. The maximum absolute atomic E-state index is 10.8. The zero-order chi connectivity index (χ0) is 13.0. The molecule has 1 heterocycles. The number of fused-ring (bicyclic) bond motifs is 1. The summed E-state index contributed by atoms with van der Waals surface area (Å²) in [6, 6.07) is 3.15. The number of hydrogen-bond donors (Lipinski definition) is 3. The van der Waals surface area contributed by atoms with Crippen molar-refractivity contribution in [2.45, 2.75) is 26.2 Å². The van der Waals surface area contributed by atoms with Gasteiger partial charge in [0.1, 0.15) is 5.69 Å². The smallest absolute Gasteiger partial charge is 0.297 e. The van der Waals surface area contributed by atoms with Crippen molar-refractivity contribution in [1.82, 2.24) is 0 Å². The Morgan fingerprint density at radius 2 is 2.11 bits per heavy atom. The zero-order valence-electron chi connectivity index (χ0n) is 10.2. The van der Waals surface area contributed by atoms with Gasteiger partial charge in [-0.1, -0.05) is 19.8 Å². The Morgan fingerprint density at radius 1 is 1.33 bits per heavy atom. The molecule has 0 saturated heterocycles. The fourth-order valence-corrected chi connectivity index (χ4v) is 1.83. The maximum atomic E-state index is 10.8. The number of hydrogen-bond acceptors (Lipinski definition) is 6. The number of unbranched alkanes of at least 4 members (excludes halogenated alkanes) is 2. The molecule has 0 atom stereocenters. The molecule has 0 aliphatic carbocycles. The average Bonchev–Trinajstić information content (AvgIpc) is 2.83. The topological polar surface area (TPSA) is 88.5 Å². The first-order chi connectivity index (χ1) is 8.74. The van der Waals surface area contributed by atoms with E-state index in [2.05, 4.69) is 23.2 Å². The van der Waals surface area contributed by atoms with E-state index in [0.717, 1.165) is 31.5 Å². The summed E-state index contributed by atoms with van der Waals surface area (Å²) in [5.74, 6) is 0. The van der Waals surface area contributed by atoms with Crippen LogP contribution in [0.5, 0.6) is 0 Å². The van der Waals surface area contributed by atoms with Crippen LogP contribution >= 0.6 is 0 Å². The van der Waals surface area contributed by atoms with E-state index >= 15 is 0 Å². The molecular formula is C11H16N4O3. The van der Waals surface area contributed by atoms with Crippen LogP contribution in [0.2, 0.25) is 0 Å². The molecule has 0 saturated carbocycles. The maximum Gasteiger partial charge on any atom is 0.297 e. The average molecular weight is 252 g/mol. The van der Waals surface area contributed by atoms with Gasteiger partial charge in [-0.3, -0.25) is 10.1 Å². The predicted octanol–water partition coefficient (Wildman–Crippen LogP) is 2.88. The Balaban J connectivity index is 2.13. The minimum absolute atomic E-state index is 0.00546. The van der Waals surface area contributed by atoms with Gasteiger partial charge in [0.2, 0.25) is 0 Å². The number of nitrogens with one attached hydrogen (secondary N) is 3. The molecule has 0 bridgehead atoms. The number of benzene rings is 1. The minimum atomic E-state index is -0.441. The van der Waals surface area contributed by atoms with Crippen LogP contribution in [-0.4, -0.2) is 11.5 Å². The third kappa shape index (κ3) is 2.45. The SMILES string of the molecule is CCCCCNc1ccc([N+](=O)[O-])c2c1NON2. The van der Waals surface area contributed by atoms with Crippen molar-refractivity contribution >= 4 is 22.7 Å². The van der Waals surface area contributed by atoms with Crippen molar-refractivity contribution in [1.29, 1.82) is 0 Å². The minimum Gasteiger partial charge on any atom is -0.383 e. The normalized spacial score (nSPS) is 12.5. The van der Waals surface area contributed by atoms with Gasteiger partial charge < -0.3 is 5.32 Å².